The van der Waals surface area contributed by atoms with Crippen molar-refractivity contribution in [3.8, 4) is 5.75 Å². The van der Waals surface area contributed by atoms with E-state index in [1.807, 2.05) is 24.3 Å². The van der Waals surface area contributed by atoms with Gasteiger partial charge in [0.1, 0.15) is 11.8 Å². The van der Waals surface area contributed by atoms with Gasteiger partial charge < -0.3 is 25.6 Å². The summed E-state index contributed by atoms with van der Waals surface area (Å²) in [5.74, 6) is -2.97. The van der Waals surface area contributed by atoms with E-state index in [4.69, 9.17) is 0 Å². The predicted molar refractivity (Wildman–Crippen MR) is 125 cm³/mol. The lowest BCUT2D eigenvalue weighted by molar-refractivity contribution is -0.142. The first-order chi connectivity index (χ1) is 16.0. The SMILES string of the molecule is O=C(O)C(Cc1c[nH]c2ccccc12)NC(=O)C(c1ccccc1O)C(O)C1CCCCC1. The molecule has 5 N–H and O–H groups in total. The molecule has 2 aromatic carbocycles. The zero-order chi connectivity index (χ0) is 23.4. The molecule has 0 bridgehead atoms. The lowest BCUT2D eigenvalue weighted by atomic mass is 9.77. The number of rotatable bonds is 8. The minimum absolute atomic E-state index is 0.0778. The lowest BCUT2D eigenvalue weighted by Crippen LogP contribution is -2.47. The van der Waals surface area contributed by atoms with Crippen LogP contribution in [-0.4, -0.2) is 44.3 Å². The van der Waals surface area contributed by atoms with Crippen LogP contribution in [0.2, 0.25) is 0 Å². The number of phenolic OH excluding ortho intramolecular Hbond substituents is 1. The number of phenols is 1. The van der Waals surface area contributed by atoms with Gasteiger partial charge in [0.15, 0.2) is 0 Å². The van der Waals surface area contributed by atoms with Crippen molar-refractivity contribution in [2.24, 2.45) is 5.92 Å². The Balaban J connectivity index is 1.60. The van der Waals surface area contributed by atoms with Gasteiger partial charge in [0, 0.05) is 29.1 Å². The van der Waals surface area contributed by atoms with Crippen LogP contribution >= 0.6 is 0 Å². The second-order valence-corrected chi connectivity index (χ2v) is 8.89. The first-order valence-corrected chi connectivity index (χ1v) is 11.5. The quantitative estimate of drug-likeness (QED) is 0.358. The highest BCUT2D eigenvalue weighted by Crippen LogP contribution is 2.36. The summed E-state index contributed by atoms with van der Waals surface area (Å²) in [4.78, 5) is 28.6. The first-order valence-electron chi connectivity index (χ1n) is 11.5. The van der Waals surface area contributed by atoms with Gasteiger partial charge in [-0.1, -0.05) is 55.7 Å². The summed E-state index contributed by atoms with van der Waals surface area (Å²) in [6, 6.07) is 12.8. The second-order valence-electron chi connectivity index (χ2n) is 8.89. The van der Waals surface area contributed by atoms with Gasteiger partial charge in [0.2, 0.25) is 5.91 Å². The van der Waals surface area contributed by atoms with E-state index in [0.717, 1.165) is 48.6 Å². The highest BCUT2D eigenvalue weighted by atomic mass is 16.4. The number of carboxylic acids is 1. The molecule has 1 aromatic heterocycles. The van der Waals surface area contributed by atoms with Crippen molar-refractivity contribution < 1.29 is 24.9 Å². The minimum atomic E-state index is -1.18. The molecule has 0 aliphatic heterocycles. The number of aromatic nitrogens is 1. The summed E-state index contributed by atoms with van der Waals surface area (Å²) in [5.41, 5.74) is 1.98. The Kier molecular flexibility index (Phi) is 6.99. The van der Waals surface area contributed by atoms with Crippen LogP contribution in [0.1, 0.15) is 49.1 Å². The van der Waals surface area contributed by atoms with Gasteiger partial charge in [-0.05, 0) is 36.5 Å². The third kappa shape index (κ3) is 5.03. The van der Waals surface area contributed by atoms with Crippen molar-refractivity contribution in [2.75, 3.05) is 0 Å². The maximum Gasteiger partial charge on any atom is 0.326 e. The minimum Gasteiger partial charge on any atom is -0.508 e. The molecule has 1 saturated carbocycles. The molecular weight excluding hydrogens is 420 g/mol. The van der Waals surface area contributed by atoms with E-state index < -0.39 is 29.9 Å². The van der Waals surface area contributed by atoms with Crippen molar-refractivity contribution in [2.45, 2.75) is 56.6 Å². The summed E-state index contributed by atoms with van der Waals surface area (Å²) in [6.45, 7) is 0. The van der Waals surface area contributed by atoms with Crippen LogP contribution in [0.15, 0.2) is 54.7 Å². The highest BCUT2D eigenvalue weighted by molar-refractivity contribution is 5.90. The maximum absolute atomic E-state index is 13.4. The van der Waals surface area contributed by atoms with Gasteiger partial charge in [-0.25, -0.2) is 4.79 Å². The number of carbonyl (C=O) groups is 2. The lowest BCUT2D eigenvalue weighted by Gasteiger charge is -2.32. The molecule has 1 heterocycles. The van der Waals surface area contributed by atoms with Crippen LogP contribution in [0.25, 0.3) is 10.9 Å². The van der Waals surface area contributed by atoms with E-state index in [1.165, 1.54) is 6.07 Å². The Labute approximate surface area is 192 Å². The Morgan fingerprint density at radius 3 is 2.45 bits per heavy atom. The molecule has 0 spiro atoms. The van der Waals surface area contributed by atoms with Gasteiger partial charge in [-0.15, -0.1) is 0 Å². The van der Waals surface area contributed by atoms with E-state index in [2.05, 4.69) is 10.3 Å². The number of hydrogen-bond acceptors (Lipinski definition) is 4. The Morgan fingerprint density at radius 1 is 1.03 bits per heavy atom. The number of para-hydroxylation sites is 2. The van der Waals surface area contributed by atoms with Crippen LogP contribution in [0.3, 0.4) is 0 Å². The van der Waals surface area contributed by atoms with E-state index in [0.29, 0.717) is 5.56 Å². The van der Waals surface area contributed by atoms with Crippen LogP contribution in [0, 0.1) is 5.92 Å². The van der Waals surface area contributed by atoms with E-state index in [1.54, 1.807) is 24.4 Å². The number of aromatic amines is 1. The molecular formula is C26H30N2O5. The number of carboxylic acid groups (broad SMARTS) is 1. The number of amides is 1. The van der Waals surface area contributed by atoms with Gasteiger partial charge in [-0.2, -0.15) is 0 Å². The van der Waals surface area contributed by atoms with Crippen LogP contribution in [0.5, 0.6) is 5.75 Å². The number of fused-ring (bicyclic) bond motifs is 1. The third-order valence-electron chi connectivity index (χ3n) is 6.74. The zero-order valence-corrected chi connectivity index (χ0v) is 18.4. The Morgan fingerprint density at radius 2 is 1.73 bits per heavy atom. The number of aromatic hydroxyl groups is 1. The first kappa shape index (κ1) is 22.9. The molecule has 1 aliphatic carbocycles. The van der Waals surface area contributed by atoms with Crippen LogP contribution < -0.4 is 5.32 Å². The molecule has 0 saturated heterocycles. The number of H-pyrrole nitrogens is 1. The number of nitrogens with one attached hydrogen (secondary N) is 2. The zero-order valence-electron chi connectivity index (χ0n) is 18.4. The summed E-state index contributed by atoms with van der Waals surface area (Å²) in [6.07, 6.45) is 5.50. The van der Waals surface area contributed by atoms with Crippen molar-refractivity contribution in [3.05, 3.63) is 65.9 Å². The normalized spacial score (nSPS) is 17.4. The molecule has 1 aliphatic rings. The average Bonchev–Trinajstić information content (AvgIpc) is 3.23. The number of aliphatic hydroxyl groups excluding tert-OH is 1. The maximum atomic E-state index is 13.4. The van der Waals surface area contributed by atoms with E-state index >= 15 is 0 Å². The van der Waals surface area contributed by atoms with Crippen molar-refractivity contribution in [1.29, 1.82) is 0 Å². The topological polar surface area (TPSA) is 123 Å². The van der Waals surface area contributed by atoms with Crippen molar-refractivity contribution in [1.82, 2.24) is 10.3 Å². The molecule has 3 unspecified atom stereocenters. The number of hydrogen-bond donors (Lipinski definition) is 5. The molecule has 7 nitrogen and oxygen atoms in total. The summed E-state index contributed by atoms with van der Waals surface area (Å²) >= 11 is 0. The number of carbonyl (C=O) groups excluding carboxylic acids is 1. The van der Waals surface area contributed by atoms with Gasteiger partial charge >= 0.3 is 5.97 Å². The number of benzene rings is 2. The number of aliphatic hydroxyl groups is 1. The number of aliphatic carboxylic acids is 1. The van der Waals surface area contributed by atoms with Gasteiger partial charge in [-0.3, -0.25) is 4.79 Å². The standard InChI is InChI=1S/C26H30N2O5/c29-22-13-7-5-11-19(22)23(24(30)16-8-2-1-3-9-16)25(31)28-21(26(32)33)14-17-15-27-20-12-6-4-10-18(17)20/h4-7,10-13,15-16,21,23-24,27,29-30H,1-3,8-9,14H2,(H,28,31)(H,32,33). The average molecular weight is 451 g/mol. The molecule has 1 amide bonds. The molecule has 1 fully saturated rings. The van der Waals surface area contributed by atoms with Crippen molar-refractivity contribution in [3.63, 3.8) is 0 Å². The fourth-order valence-corrected chi connectivity index (χ4v) is 4.96. The van der Waals surface area contributed by atoms with Crippen LogP contribution in [0.4, 0.5) is 0 Å². The fourth-order valence-electron chi connectivity index (χ4n) is 4.96. The van der Waals surface area contributed by atoms with Gasteiger partial charge in [0.25, 0.3) is 0 Å². The molecule has 3 aromatic rings. The molecule has 4 rings (SSSR count). The fraction of sp³-hybridized carbons (Fsp3) is 0.385. The van der Waals surface area contributed by atoms with E-state index in [-0.39, 0.29) is 18.1 Å². The second kappa shape index (κ2) is 10.1. The third-order valence-corrected chi connectivity index (χ3v) is 6.74. The van der Waals surface area contributed by atoms with Gasteiger partial charge in [0.05, 0.1) is 12.0 Å². The van der Waals surface area contributed by atoms with Crippen molar-refractivity contribution >= 4 is 22.8 Å². The summed E-state index contributed by atoms with van der Waals surface area (Å²) in [7, 11) is 0. The summed E-state index contributed by atoms with van der Waals surface area (Å²) in [5, 5.41) is 35.0. The Bertz CT molecular complexity index is 1120. The highest BCUT2D eigenvalue weighted by Gasteiger charge is 2.37. The summed E-state index contributed by atoms with van der Waals surface area (Å²) < 4.78 is 0. The Hall–Kier alpha value is -3.32. The molecule has 174 valence electrons. The smallest absolute Gasteiger partial charge is 0.326 e. The largest absolute Gasteiger partial charge is 0.508 e. The molecule has 33 heavy (non-hydrogen) atoms. The van der Waals surface area contributed by atoms with Crippen LogP contribution in [-0.2, 0) is 16.0 Å². The van der Waals surface area contributed by atoms with E-state index in [9.17, 15) is 24.9 Å². The monoisotopic (exact) mass is 450 g/mol. The predicted octanol–water partition coefficient (Wildman–Crippen LogP) is 3.71. The molecule has 0 radical (unpaired) electrons. The molecule has 7 heteroatoms. The molecule has 3 atom stereocenters.